The zero-order valence-electron chi connectivity index (χ0n) is 8.94. The maximum Gasteiger partial charge on any atom is 0.127 e. The number of hydrogen-bond acceptors (Lipinski definition) is 3. The van der Waals surface area contributed by atoms with Crippen LogP contribution in [0, 0.1) is 5.92 Å². The number of phenols is 1. The molecule has 2 rings (SSSR count). The molecule has 82 valence electrons. The van der Waals surface area contributed by atoms with Crippen molar-refractivity contribution in [2.45, 2.75) is 25.3 Å². The first kappa shape index (κ1) is 10.3. The highest BCUT2D eigenvalue weighted by atomic mass is 16.5. The van der Waals surface area contributed by atoms with Gasteiger partial charge in [-0.3, -0.25) is 0 Å². The van der Waals surface area contributed by atoms with Gasteiger partial charge in [-0.15, -0.1) is 0 Å². The smallest absolute Gasteiger partial charge is 0.127 e. The van der Waals surface area contributed by atoms with E-state index < -0.39 is 0 Å². The van der Waals surface area contributed by atoms with Gasteiger partial charge >= 0.3 is 0 Å². The zero-order valence-corrected chi connectivity index (χ0v) is 8.94. The molecule has 0 aromatic heterocycles. The van der Waals surface area contributed by atoms with Gasteiger partial charge in [-0.25, -0.2) is 0 Å². The van der Waals surface area contributed by atoms with Gasteiger partial charge in [0.1, 0.15) is 11.5 Å². The second-order valence-corrected chi connectivity index (χ2v) is 4.18. The molecule has 0 amide bonds. The van der Waals surface area contributed by atoms with Crippen molar-refractivity contribution in [3.05, 3.63) is 23.8 Å². The molecule has 0 aliphatic heterocycles. The molecule has 1 saturated carbocycles. The highest BCUT2D eigenvalue weighted by Crippen LogP contribution is 2.41. The summed E-state index contributed by atoms with van der Waals surface area (Å²) in [6, 6.07) is 5.14. The summed E-state index contributed by atoms with van der Waals surface area (Å²) in [7, 11) is 1.60. The Labute approximate surface area is 89.9 Å². The Balaban J connectivity index is 2.22. The summed E-state index contributed by atoms with van der Waals surface area (Å²) in [5, 5.41) is 9.77. The molecule has 0 bridgehead atoms. The van der Waals surface area contributed by atoms with E-state index in [1.54, 1.807) is 19.2 Å². The monoisotopic (exact) mass is 207 g/mol. The van der Waals surface area contributed by atoms with Crippen molar-refractivity contribution in [3.63, 3.8) is 0 Å². The maximum absolute atomic E-state index is 9.77. The van der Waals surface area contributed by atoms with Crippen molar-refractivity contribution >= 4 is 0 Å². The first-order chi connectivity index (χ1) is 7.22. The third-order valence-corrected chi connectivity index (χ3v) is 2.92. The van der Waals surface area contributed by atoms with Gasteiger partial charge in [0.05, 0.1) is 12.7 Å². The van der Waals surface area contributed by atoms with Crippen LogP contribution in [0.1, 0.15) is 30.9 Å². The SMILES string of the molecule is COc1cccc(O)c1[C@H](N)CC1CC1. The predicted molar refractivity (Wildman–Crippen MR) is 58.9 cm³/mol. The Hall–Kier alpha value is -1.22. The van der Waals surface area contributed by atoms with Crippen LogP contribution in [0.2, 0.25) is 0 Å². The number of phenolic OH excluding ortho intramolecular Hbond substituents is 1. The molecule has 3 heteroatoms. The highest BCUT2D eigenvalue weighted by Gasteiger charge is 2.27. The van der Waals surface area contributed by atoms with Gasteiger partial charge in [0.2, 0.25) is 0 Å². The van der Waals surface area contributed by atoms with E-state index in [-0.39, 0.29) is 11.8 Å². The van der Waals surface area contributed by atoms with E-state index in [1.807, 2.05) is 6.07 Å². The third kappa shape index (κ3) is 2.23. The van der Waals surface area contributed by atoms with Crippen LogP contribution < -0.4 is 10.5 Å². The Morgan fingerprint density at radius 1 is 1.53 bits per heavy atom. The van der Waals surface area contributed by atoms with Crippen LogP contribution in [0.3, 0.4) is 0 Å². The van der Waals surface area contributed by atoms with Gasteiger partial charge in [0.25, 0.3) is 0 Å². The Morgan fingerprint density at radius 2 is 2.27 bits per heavy atom. The first-order valence-corrected chi connectivity index (χ1v) is 5.33. The predicted octanol–water partition coefficient (Wildman–Crippen LogP) is 2.20. The lowest BCUT2D eigenvalue weighted by molar-refractivity contribution is 0.389. The number of methoxy groups -OCH3 is 1. The largest absolute Gasteiger partial charge is 0.507 e. The van der Waals surface area contributed by atoms with Crippen LogP contribution in [0.4, 0.5) is 0 Å². The second-order valence-electron chi connectivity index (χ2n) is 4.18. The van der Waals surface area contributed by atoms with Crippen molar-refractivity contribution in [2.75, 3.05) is 7.11 Å². The second kappa shape index (κ2) is 4.11. The zero-order chi connectivity index (χ0) is 10.8. The minimum Gasteiger partial charge on any atom is -0.507 e. The number of ether oxygens (including phenoxy) is 1. The number of hydrogen-bond donors (Lipinski definition) is 2. The summed E-state index contributed by atoms with van der Waals surface area (Å²) in [6.07, 6.45) is 3.47. The average Bonchev–Trinajstić information content (AvgIpc) is 3.00. The minimum absolute atomic E-state index is 0.117. The lowest BCUT2D eigenvalue weighted by Crippen LogP contribution is -2.12. The fourth-order valence-electron chi connectivity index (χ4n) is 1.91. The lowest BCUT2D eigenvalue weighted by atomic mass is 10.00. The van der Waals surface area contributed by atoms with E-state index >= 15 is 0 Å². The van der Waals surface area contributed by atoms with E-state index in [9.17, 15) is 5.11 Å². The first-order valence-electron chi connectivity index (χ1n) is 5.33. The molecule has 1 aromatic rings. The van der Waals surface area contributed by atoms with Crippen LogP contribution in [-0.2, 0) is 0 Å². The quantitative estimate of drug-likeness (QED) is 0.795. The van der Waals surface area contributed by atoms with Gasteiger partial charge in [0, 0.05) is 6.04 Å². The molecule has 15 heavy (non-hydrogen) atoms. The molecule has 3 nitrogen and oxygen atoms in total. The van der Waals surface area contributed by atoms with Gasteiger partial charge < -0.3 is 15.6 Å². The number of nitrogens with two attached hydrogens (primary N) is 1. The molecule has 0 saturated heterocycles. The molecular weight excluding hydrogens is 190 g/mol. The highest BCUT2D eigenvalue weighted by molar-refractivity contribution is 5.46. The van der Waals surface area contributed by atoms with Crippen molar-refractivity contribution in [1.82, 2.24) is 0 Å². The molecule has 1 fully saturated rings. The van der Waals surface area contributed by atoms with Crippen LogP contribution in [-0.4, -0.2) is 12.2 Å². The number of rotatable bonds is 4. The Morgan fingerprint density at radius 3 is 2.87 bits per heavy atom. The van der Waals surface area contributed by atoms with Crippen molar-refractivity contribution in [3.8, 4) is 11.5 Å². The van der Waals surface area contributed by atoms with Crippen LogP contribution in [0.25, 0.3) is 0 Å². The lowest BCUT2D eigenvalue weighted by Gasteiger charge is -2.16. The number of benzene rings is 1. The van der Waals surface area contributed by atoms with Crippen LogP contribution >= 0.6 is 0 Å². The Kier molecular flexibility index (Phi) is 2.82. The van der Waals surface area contributed by atoms with Gasteiger partial charge in [0.15, 0.2) is 0 Å². The van der Waals surface area contributed by atoms with Crippen molar-refractivity contribution in [1.29, 1.82) is 0 Å². The standard InChI is InChI=1S/C12H17NO2/c1-15-11-4-2-3-10(14)12(11)9(13)7-8-5-6-8/h2-4,8-9,14H,5-7,13H2,1H3/t9-/m1/s1. The summed E-state index contributed by atoms with van der Waals surface area (Å²) in [5.74, 6) is 1.66. The molecule has 1 aromatic carbocycles. The molecule has 0 unspecified atom stereocenters. The summed E-state index contributed by atoms with van der Waals surface area (Å²) >= 11 is 0. The third-order valence-electron chi connectivity index (χ3n) is 2.92. The summed E-state index contributed by atoms with van der Waals surface area (Å²) in [6.45, 7) is 0. The molecule has 1 aliphatic rings. The van der Waals surface area contributed by atoms with Crippen LogP contribution in [0.15, 0.2) is 18.2 Å². The fourth-order valence-corrected chi connectivity index (χ4v) is 1.91. The maximum atomic E-state index is 9.77. The number of aromatic hydroxyl groups is 1. The van der Waals surface area contributed by atoms with Crippen molar-refractivity contribution in [2.24, 2.45) is 11.7 Å². The summed E-state index contributed by atoms with van der Waals surface area (Å²) in [5.41, 5.74) is 6.82. The van der Waals surface area contributed by atoms with E-state index in [1.165, 1.54) is 12.8 Å². The van der Waals surface area contributed by atoms with Gasteiger partial charge in [-0.05, 0) is 24.5 Å². The van der Waals surface area contributed by atoms with Gasteiger partial charge in [-0.1, -0.05) is 18.9 Å². The topological polar surface area (TPSA) is 55.5 Å². The van der Waals surface area contributed by atoms with E-state index in [4.69, 9.17) is 10.5 Å². The normalized spacial score (nSPS) is 17.5. The molecule has 0 heterocycles. The fraction of sp³-hybridized carbons (Fsp3) is 0.500. The van der Waals surface area contributed by atoms with E-state index in [0.29, 0.717) is 5.75 Å². The van der Waals surface area contributed by atoms with E-state index in [0.717, 1.165) is 17.9 Å². The van der Waals surface area contributed by atoms with E-state index in [2.05, 4.69) is 0 Å². The molecule has 1 aliphatic carbocycles. The molecule has 0 radical (unpaired) electrons. The summed E-state index contributed by atoms with van der Waals surface area (Å²) < 4.78 is 5.21. The van der Waals surface area contributed by atoms with Gasteiger partial charge in [-0.2, -0.15) is 0 Å². The van der Waals surface area contributed by atoms with Crippen LogP contribution in [0.5, 0.6) is 11.5 Å². The molecule has 3 N–H and O–H groups in total. The minimum atomic E-state index is -0.117. The molecule has 0 spiro atoms. The average molecular weight is 207 g/mol. The molecule has 1 atom stereocenters. The summed E-state index contributed by atoms with van der Waals surface area (Å²) in [4.78, 5) is 0. The van der Waals surface area contributed by atoms with Crippen molar-refractivity contribution < 1.29 is 9.84 Å². The molecular formula is C12H17NO2. The Bertz CT molecular complexity index is 347.